The molecule has 0 saturated carbocycles. The van der Waals surface area contributed by atoms with Crippen LogP contribution in [0.25, 0.3) is 11.5 Å². The number of anilines is 1. The van der Waals surface area contributed by atoms with E-state index in [9.17, 15) is 4.79 Å². The average molecular weight is 351 g/mol. The molecule has 0 aliphatic carbocycles. The van der Waals surface area contributed by atoms with Gasteiger partial charge in [0.15, 0.2) is 6.10 Å². The number of carbonyl (C=O) groups excluding carboxylic acids is 1. The first-order valence-corrected chi connectivity index (χ1v) is 8.52. The third kappa shape index (κ3) is 4.27. The SMILES string of the molecule is CCc1ccc(O[C@@H](C)C(=O)Nc2noc(-c3ccc(C)cc3)n2)cc1. The smallest absolute Gasteiger partial charge is 0.270 e. The molecule has 0 spiro atoms. The molecule has 1 atom stereocenters. The molecule has 0 unspecified atom stereocenters. The lowest BCUT2D eigenvalue weighted by atomic mass is 10.1. The lowest BCUT2D eigenvalue weighted by Gasteiger charge is -2.13. The summed E-state index contributed by atoms with van der Waals surface area (Å²) in [7, 11) is 0. The first-order valence-electron chi connectivity index (χ1n) is 8.52. The molecular formula is C20H21N3O3. The number of nitrogens with one attached hydrogen (secondary N) is 1. The zero-order valence-corrected chi connectivity index (χ0v) is 15.0. The molecule has 134 valence electrons. The van der Waals surface area contributed by atoms with Crippen molar-refractivity contribution < 1.29 is 14.1 Å². The number of hydrogen-bond donors (Lipinski definition) is 1. The highest BCUT2D eigenvalue weighted by molar-refractivity contribution is 5.92. The van der Waals surface area contributed by atoms with E-state index < -0.39 is 6.10 Å². The van der Waals surface area contributed by atoms with Crippen molar-refractivity contribution in [3.05, 3.63) is 59.7 Å². The number of hydrogen-bond acceptors (Lipinski definition) is 5. The molecule has 6 nitrogen and oxygen atoms in total. The summed E-state index contributed by atoms with van der Waals surface area (Å²) in [6.07, 6.45) is 0.265. The normalized spacial score (nSPS) is 11.8. The molecule has 6 heteroatoms. The summed E-state index contributed by atoms with van der Waals surface area (Å²) in [5.41, 5.74) is 3.15. The van der Waals surface area contributed by atoms with Crippen LogP contribution < -0.4 is 10.1 Å². The Morgan fingerprint density at radius 2 is 1.85 bits per heavy atom. The molecule has 1 aromatic heterocycles. The molecule has 0 saturated heterocycles. The lowest BCUT2D eigenvalue weighted by molar-refractivity contribution is -0.122. The van der Waals surface area contributed by atoms with E-state index in [4.69, 9.17) is 9.26 Å². The Balaban J connectivity index is 1.61. The fourth-order valence-electron chi connectivity index (χ4n) is 2.36. The third-order valence-corrected chi connectivity index (χ3v) is 3.97. The van der Waals surface area contributed by atoms with Crippen LogP contribution in [-0.2, 0) is 11.2 Å². The van der Waals surface area contributed by atoms with Crippen LogP contribution in [0.3, 0.4) is 0 Å². The zero-order chi connectivity index (χ0) is 18.5. The Kier molecular flexibility index (Phi) is 5.31. The van der Waals surface area contributed by atoms with Crippen LogP contribution in [0.5, 0.6) is 5.75 Å². The van der Waals surface area contributed by atoms with Crippen molar-refractivity contribution in [1.82, 2.24) is 10.1 Å². The molecule has 1 amide bonds. The van der Waals surface area contributed by atoms with Crippen LogP contribution in [0.4, 0.5) is 5.95 Å². The third-order valence-electron chi connectivity index (χ3n) is 3.97. The minimum Gasteiger partial charge on any atom is -0.481 e. The van der Waals surface area contributed by atoms with Crippen molar-refractivity contribution in [2.45, 2.75) is 33.3 Å². The standard InChI is InChI=1S/C20H21N3O3/c1-4-15-7-11-17(12-8-15)25-14(3)18(24)21-20-22-19(26-23-20)16-9-5-13(2)6-10-16/h5-12,14H,4H2,1-3H3,(H,21,23,24)/t14-/m0/s1. The number of ether oxygens (including phenoxy) is 1. The molecule has 1 N–H and O–H groups in total. The molecule has 0 radical (unpaired) electrons. The minimum absolute atomic E-state index is 0.113. The molecule has 0 aliphatic heterocycles. The monoisotopic (exact) mass is 351 g/mol. The molecular weight excluding hydrogens is 330 g/mol. The number of amides is 1. The fraction of sp³-hybridized carbons (Fsp3) is 0.250. The van der Waals surface area contributed by atoms with Crippen LogP contribution in [0.2, 0.25) is 0 Å². The summed E-state index contributed by atoms with van der Waals surface area (Å²) in [4.78, 5) is 16.5. The van der Waals surface area contributed by atoms with Crippen molar-refractivity contribution in [2.75, 3.05) is 5.32 Å². The topological polar surface area (TPSA) is 77.2 Å². The molecule has 0 fully saturated rings. The minimum atomic E-state index is -0.691. The van der Waals surface area contributed by atoms with Gasteiger partial charge in [0.1, 0.15) is 5.75 Å². The quantitative estimate of drug-likeness (QED) is 0.726. The van der Waals surface area contributed by atoms with Crippen molar-refractivity contribution in [2.24, 2.45) is 0 Å². The summed E-state index contributed by atoms with van der Waals surface area (Å²) in [6, 6.07) is 15.4. The van der Waals surface area contributed by atoms with Crippen molar-refractivity contribution in [1.29, 1.82) is 0 Å². The second-order valence-electron chi connectivity index (χ2n) is 6.04. The van der Waals surface area contributed by atoms with E-state index in [2.05, 4.69) is 22.4 Å². The number of carbonyl (C=O) groups is 1. The van der Waals surface area contributed by atoms with E-state index in [1.54, 1.807) is 6.92 Å². The maximum Gasteiger partial charge on any atom is 0.270 e. The molecule has 1 heterocycles. The highest BCUT2D eigenvalue weighted by atomic mass is 16.5. The Labute approximate surface area is 152 Å². The van der Waals surface area contributed by atoms with E-state index in [1.165, 1.54) is 5.56 Å². The van der Waals surface area contributed by atoms with Gasteiger partial charge in [0.2, 0.25) is 0 Å². The Bertz CT molecular complexity index is 870. The summed E-state index contributed by atoms with van der Waals surface area (Å²) in [5.74, 6) is 0.755. The predicted molar refractivity (Wildman–Crippen MR) is 99.0 cm³/mol. The maximum absolute atomic E-state index is 12.3. The lowest BCUT2D eigenvalue weighted by Crippen LogP contribution is -2.30. The van der Waals surface area contributed by atoms with Gasteiger partial charge in [-0.3, -0.25) is 10.1 Å². The van der Waals surface area contributed by atoms with E-state index in [-0.39, 0.29) is 11.9 Å². The van der Waals surface area contributed by atoms with Gasteiger partial charge in [-0.05, 0) is 55.3 Å². The van der Waals surface area contributed by atoms with Gasteiger partial charge < -0.3 is 9.26 Å². The Morgan fingerprint density at radius 1 is 1.15 bits per heavy atom. The van der Waals surface area contributed by atoms with Crippen LogP contribution in [-0.4, -0.2) is 22.2 Å². The number of benzene rings is 2. The van der Waals surface area contributed by atoms with Gasteiger partial charge in [-0.25, -0.2) is 0 Å². The number of nitrogens with zero attached hydrogens (tertiary/aromatic N) is 2. The second kappa shape index (κ2) is 7.82. The fourth-order valence-corrected chi connectivity index (χ4v) is 2.36. The van der Waals surface area contributed by atoms with E-state index in [1.807, 2.05) is 55.5 Å². The van der Waals surface area contributed by atoms with E-state index >= 15 is 0 Å². The first-order chi connectivity index (χ1) is 12.5. The predicted octanol–water partition coefficient (Wildman–Crippen LogP) is 4.01. The Morgan fingerprint density at radius 3 is 2.50 bits per heavy atom. The van der Waals surface area contributed by atoms with Crippen LogP contribution >= 0.6 is 0 Å². The summed E-state index contributed by atoms with van der Waals surface area (Å²) in [5, 5.41) is 6.40. The number of rotatable bonds is 6. The van der Waals surface area contributed by atoms with Gasteiger partial charge in [0.05, 0.1) is 0 Å². The first kappa shape index (κ1) is 17.7. The van der Waals surface area contributed by atoms with Gasteiger partial charge in [0.25, 0.3) is 17.7 Å². The van der Waals surface area contributed by atoms with Crippen LogP contribution in [0.15, 0.2) is 53.1 Å². The largest absolute Gasteiger partial charge is 0.481 e. The number of aryl methyl sites for hydroxylation is 2. The molecule has 2 aromatic carbocycles. The van der Waals surface area contributed by atoms with E-state index in [0.717, 1.165) is 17.5 Å². The Hall–Kier alpha value is -3.15. The highest BCUT2D eigenvalue weighted by Gasteiger charge is 2.18. The molecule has 0 bridgehead atoms. The van der Waals surface area contributed by atoms with Gasteiger partial charge in [-0.2, -0.15) is 4.98 Å². The van der Waals surface area contributed by atoms with Gasteiger partial charge in [0, 0.05) is 5.56 Å². The van der Waals surface area contributed by atoms with Crippen molar-refractivity contribution >= 4 is 11.9 Å². The molecule has 26 heavy (non-hydrogen) atoms. The van der Waals surface area contributed by atoms with Gasteiger partial charge in [-0.1, -0.05) is 36.8 Å². The van der Waals surface area contributed by atoms with Gasteiger partial charge in [-0.15, -0.1) is 0 Å². The van der Waals surface area contributed by atoms with Crippen LogP contribution in [0.1, 0.15) is 25.0 Å². The van der Waals surface area contributed by atoms with Crippen molar-refractivity contribution in [3.63, 3.8) is 0 Å². The molecule has 0 aliphatic rings. The van der Waals surface area contributed by atoms with Gasteiger partial charge >= 0.3 is 0 Å². The maximum atomic E-state index is 12.3. The summed E-state index contributed by atoms with van der Waals surface area (Å²) < 4.78 is 10.9. The highest BCUT2D eigenvalue weighted by Crippen LogP contribution is 2.19. The van der Waals surface area contributed by atoms with Crippen LogP contribution in [0, 0.1) is 6.92 Å². The number of aromatic nitrogens is 2. The summed E-state index contributed by atoms with van der Waals surface area (Å²) >= 11 is 0. The summed E-state index contributed by atoms with van der Waals surface area (Å²) in [6.45, 7) is 5.76. The molecule has 3 aromatic rings. The van der Waals surface area contributed by atoms with Crippen molar-refractivity contribution in [3.8, 4) is 17.2 Å². The average Bonchev–Trinajstić information content (AvgIpc) is 3.11. The zero-order valence-electron chi connectivity index (χ0n) is 15.0. The van der Waals surface area contributed by atoms with E-state index in [0.29, 0.717) is 11.6 Å². The second-order valence-corrected chi connectivity index (χ2v) is 6.04. The molecule has 3 rings (SSSR count).